The molecule has 3 aliphatic heterocycles. The number of nitrogens with zero attached hydrogens (tertiary/aromatic N) is 3. The first kappa shape index (κ1) is 23.3. The van der Waals surface area contributed by atoms with Crippen LogP contribution in [0.25, 0.3) is 0 Å². The number of piperazine rings is 1. The van der Waals surface area contributed by atoms with Gasteiger partial charge in [0.25, 0.3) is 5.91 Å². The Kier molecular flexibility index (Phi) is 7.61. The average Bonchev–Trinajstić information content (AvgIpc) is 3.47. The summed E-state index contributed by atoms with van der Waals surface area (Å²) in [5, 5.41) is 4.65. The van der Waals surface area contributed by atoms with E-state index < -0.39 is 18.0 Å². The van der Waals surface area contributed by atoms with E-state index in [-0.39, 0.29) is 18.4 Å². The third kappa shape index (κ3) is 5.91. The fourth-order valence-corrected chi connectivity index (χ4v) is 4.66. The van der Waals surface area contributed by atoms with E-state index >= 15 is 0 Å². The summed E-state index contributed by atoms with van der Waals surface area (Å²) >= 11 is 0. The minimum atomic E-state index is -0.775. The summed E-state index contributed by atoms with van der Waals surface area (Å²) in [4.78, 5) is 42.1. The van der Waals surface area contributed by atoms with E-state index in [1.165, 1.54) is 18.5 Å². The lowest BCUT2D eigenvalue weighted by atomic mass is 10.1. The Balaban J connectivity index is 1.32. The van der Waals surface area contributed by atoms with Gasteiger partial charge in [0, 0.05) is 51.5 Å². The van der Waals surface area contributed by atoms with E-state index in [1.807, 2.05) is 0 Å². The molecule has 9 nitrogen and oxygen atoms in total. The second kappa shape index (κ2) is 10.8. The standard InChI is InChI=1S/C24H33N5O4/c1-2-14-33-21(18-6-5-7-19(15-18)28-8-3-4-9-28)17-27-10-12-29(13-11-27)22(30)16-20-23(31)26-24(32)25-20/h2,5-7,15,20-21H,1,3-4,8-14,16-17H2,(H2,25,26,31,32). The molecule has 3 saturated heterocycles. The van der Waals surface area contributed by atoms with Gasteiger partial charge in [-0.1, -0.05) is 18.2 Å². The molecular formula is C24H33N5O4. The van der Waals surface area contributed by atoms with Crippen LogP contribution in [0, 0.1) is 0 Å². The Morgan fingerprint density at radius 3 is 2.58 bits per heavy atom. The van der Waals surface area contributed by atoms with Gasteiger partial charge in [-0.15, -0.1) is 6.58 Å². The lowest BCUT2D eigenvalue weighted by Gasteiger charge is -2.36. The number of ether oxygens (including phenoxy) is 1. The molecule has 0 aliphatic carbocycles. The van der Waals surface area contributed by atoms with Crippen LogP contribution in [-0.2, 0) is 14.3 Å². The quantitative estimate of drug-likeness (QED) is 0.430. The van der Waals surface area contributed by atoms with Crippen LogP contribution < -0.4 is 15.5 Å². The molecule has 4 rings (SSSR count). The van der Waals surface area contributed by atoms with Crippen molar-refractivity contribution in [1.82, 2.24) is 20.4 Å². The maximum Gasteiger partial charge on any atom is 0.322 e. The van der Waals surface area contributed by atoms with Gasteiger partial charge in [0.2, 0.25) is 5.91 Å². The van der Waals surface area contributed by atoms with Crippen molar-refractivity contribution in [3.63, 3.8) is 0 Å². The van der Waals surface area contributed by atoms with Crippen molar-refractivity contribution < 1.29 is 19.1 Å². The van der Waals surface area contributed by atoms with Crippen molar-refractivity contribution in [1.29, 1.82) is 0 Å². The first-order chi connectivity index (χ1) is 16.0. The Labute approximate surface area is 194 Å². The Bertz CT molecular complexity index is 877. The molecule has 0 radical (unpaired) electrons. The van der Waals surface area contributed by atoms with E-state index in [2.05, 4.69) is 51.3 Å². The zero-order valence-corrected chi connectivity index (χ0v) is 19.0. The molecule has 4 amide bonds. The van der Waals surface area contributed by atoms with Crippen LogP contribution in [0.5, 0.6) is 0 Å². The van der Waals surface area contributed by atoms with Gasteiger partial charge in [0.15, 0.2) is 0 Å². The van der Waals surface area contributed by atoms with Crippen molar-refractivity contribution in [2.75, 3.05) is 57.3 Å². The highest BCUT2D eigenvalue weighted by atomic mass is 16.5. The van der Waals surface area contributed by atoms with Crippen LogP contribution in [0.4, 0.5) is 10.5 Å². The van der Waals surface area contributed by atoms with E-state index in [0.29, 0.717) is 19.7 Å². The predicted octanol–water partition coefficient (Wildman–Crippen LogP) is 1.27. The fourth-order valence-electron chi connectivity index (χ4n) is 4.66. The first-order valence-electron chi connectivity index (χ1n) is 11.7. The number of hydrogen-bond donors (Lipinski definition) is 2. The zero-order chi connectivity index (χ0) is 23.2. The van der Waals surface area contributed by atoms with Crippen LogP contribution >= 0.6 is 0 Å². The molecule has 0 aromatic heterocycles. The Hall–Kier alpha value is -2.91. The summed E-state index contributed by atoms with van der Waals surface area (Å²) in [6, 6.07) is 7.30. The van der Waals surface area contributed by atoms with Gasteiger partial charge in [-0.2, -0.15) is 0 Å². The number of urea groups is 1. The van der Waals surface area contributed by atoms with Gasteiger partial charge in [0.1, 0.15) is 6.04 Å². The number of hydrogen-bond acceptors (Lipinski definition) is 6. The SMILES string of the molecule is C=CCOC(CN1CCN(C(=O)CC2NC(=O)NC2=O)CC1)c1cccc(N2CCCC2)c1. The van der Waals surface area contributed by atoms with E-state index in [0.717, 1.165) is 38.3 Å². The number of benzene rings is 1. The third-order valence-corrected chi connectivity index (χ3v) is 6.51. The maximum atomic E-state index is 12.6. The van der Waals surface area contributed by atoms with Crippen molar-refractivity contribution in [2.24, 2.45) is 0 Å². The highest BCUT2D eigenvalue weighted by Gasteiger charge is 2.33. The molecule has 2 unspecified atom stereocenters. The largest absolute Gasteiger partial charge is 0.372 e. The van der Waals surface area contributed by atoms with E-state index in [1.54, 1.807) is 11.0 Å². The number of carbonyl (C=O) groups excluding carboxylic acids is 3. The summed E-state index contributed by atoms with van der Waals surface area (Å²) in [7, 11) is 0. The molecule has 178 valence electrons. The molecule has 1 aromatic rings. The minimum absolute atomic E-state index is 0.00800. The normalized spacial score (nSPS) is 22.2. The van der Waals surface area contributed by atoms with Crippen LogP contribution in [0.15, 0.2) is 36.9 Å². The molecule has 9 heteroatoms. The number of anilines is 1. The van der Waals surface area contributed by atoms with Crippen molar-refractivity contribution in [2.45, 2.75) is 31.4 Å². The third-order valence-electron chi connectivity index (χ3n) is 6.51. The Morgan fingerprint density at radius 1 is 1.15 bits per heavy atom. The van der Waals surface area contributed by atoms with Crippen LogP contribution in [0.2, 0.25) is 0 Å². The summed E-state index contributed by atoms with van der Waals surface area (Å²) in [6.45, 7) is 9.84. The van der Waals surface area contributed by atoms with Crippen molar-refractivity contribution >= 4 is 23.5 Å². The fraction of sp³-hybridized carbons (Fsp3) is 0.542. The van der Waals surface area contributed by atoms with E-state index in [9.17, 15) is 14.4 Å². The molecule has 0 saturated carbocycles. The van der Waals surface area contributed by atoms with Gasteiger partial charge in [-0.3, -0.25) is 19.8 Å². The van der Waals surface area contributed by atoms with Crippen LogP contribution in [0.3, 0.4) is 0 Å². The van der Waals surface area contributed by atoms with Gasteiger partial charge >= 0.3 is 6.03 Å². The zero-order valence-electron chi connectivity index (χ0n) is 19.0. The summed E-state index contributed by atoms with van der Waals surface area (Å²) in [6.07, 6.45) is 4.16. The molecule has 3 fully saturated rings. The van der Waals surface area contributed by atoms with Crippen molar-refractivity contribution in [3.05, 3.63) is 42.5 Å². The lowest BCUT2D eigenvalue weighted by Crippen LogP contribution is -2.51. The topological polar surface area (TPSA) is 94.2 Å². The average molecular weight is 456 g/mol. The number of carbonyl (C=O) groups is 3. The molecule has 0 spiro atoms. The predicted molar refractivity (Wildman–Crippen MR) is 125 cm³/mol. The van der Waals surface area contributed by atoms with Crippen molar-refractivity contribution in [3.8, 4) is 0 Å². The molecule has 33 heavy (non-hydrogen) atoms. The number of amides is 4. The summed E-state index contributed by atoms with van der Waals surface area (Å²) in [5.74, 6) is -0.555. The van der Waals surface area contributed by atoms with Crippen LogP contribution in [0.1, 0.15) is 30.9 Å². The second-order valence-corrected chi connectivity index (χ2v) is 8.80. The van der Waals surface area contributed by atoms with Gasteiger partial charge in [0.05, 0.1) is 19.1 Å². The van der Waals surface area contributed by atoms with Gasteiger partial charge < -0.3 is 19.9 Å². The number of rotatable bonds is 9. The second-order valence-electron chi connectivity index (χ2n) is 8.80. The van der Waals surface area contributed by atoms with Crippen LogP contribution in [-0.4, -0.2) is 86.1 Å². The lowest BCUT2D eigenvalue weighted by molar-refractivity contribution is -0.135. The minimum Gasteiger partial charge on any atom is -0.372 e. The van der Waals surface area contributed by atoms with Gasteiger partial charge in [-0.25, -0.2) is 4.79 Å². The highest BCUT2D eigenvalue weighted by molar-refractivity contribution is 6.05. The molecule has 3 heterocycles. The molecule has 1 aromatic carbocycles. The smallest absolute Gasteiger partial charge is 0.322 e. The summed E-state index contributed by atoms with van der Waals surface area (Å²) < 4.78 is 6.14. The molecule has 2 N–H and O–H groups in total. The summed E-state index contributed by atoms with van der Waals surface area (Å²) in [5.41, 5.74) is 2.40. The van der Waals surface area contributed by atoms with Gasteiger partial charge in [-0.05, 0) is 30.5 Å². The molecular weight excluding hydrogens is 422 g/mol. The first-order valence-corrected chi connectivity index (χ1v) is 11.7. The molecule has 3 aliphatic rings. The number of imide groups is 1. The maximum absolute atomic E-state index is 12.6. The van der Waals surface area contributed by atoms with E-state index in [4.69, 9.17) is 4.74 Å². The number of nitrogens with one attached hydrogen (secondary N) is 2. The molecule has 2 atom stereocenters. The Morgan fingerprint density at radius 2 is 1.91 bits per heavy atom. The molecule has 0 bridgehead atoms. The highest BCUT2D eigenvalue weighted by Crippen LogP contribution is 2.27. The monoisotopic (exact) mass is 455 g/mol.